The van der Waals surface area contributed by atoms with Crippen LogP contribution in [0.1, 0.15) is 41.0 Å². The molecule has 0 rings (SSSR count). The maximum absolute atomic E-state index is 9.25. The van der Waals surface area contributed by atoms with Crippen LogP contribution in [0.2, 0.25) is 0 Å². The molecule has 2 unspecified atom stereocenters. The van der Waals surface area contributed by atoms with E-state index in [0.29, 0.717) is 18.0 Å². The van der Waals surface area contributed by atoms with Crippen molar-refractivity contribution >= 4 is 0 Å². The molecule has 0 aliphatic rings. The van der Waals surface area contributed by atoms with E-state index in [9.17, 15) is 5.11 Å². The van der Waals surface area contributed by atoms with Crippen LogP contribution in [-0.2, 0) is 0 Å². The lowest BCUT2D eigenvalue weighted by atomic mass is 10.0. The molecule has 16 heavy (non-hydrogen) atoms. The van der Waals surface area contributed by atoms with E-state index in [-0.39, 0.29) is 12.6 Å². The molecule has 98 valence electrons. The van der Waals surface area contributed by atoms with Crippen molar-refractivity contribution < 1.29 is 5.11 Å². The maximum atomic E-state index is 9.25. The molecular formula is C13H30N2O. The zero-order chi connectivity index (χ0) is 12.7. The highest BCUT2D eigenvalue weighted by Crippen LogP contribution is 2.09. The second-order valence-corrected chi connectivity index (χ2v) is 5.45. The van der Waals surface area contributed by atoms with Crippen molar-refractivity contribution in [3.63, 3.8) is 0 Å². The van der Waals surface area contributed by atoms with Crippen LogP contribution < -0.4 is 5.32 Å². The Bertz CT molecular complexity index is 169. The third kappa shape index (κ3) is 6.46. The Balaban J connectivity index is 3.91. The van der Waals surface area contributed by atoms with E-state index < -0.39 is 0 Å². The third-order valence-corrected chi connectivity index (χ3v) is 3.28. The van der Waals surface area contributed by atoms with E-state index in [0.717, 1.165) is 13.0 Å². The number of rotatable bonds is 8. The Morgan fingerprint density at radius 2 is 1.69 bits per heavy atom. The first kappa shape index (κ1) is 15.9. The number of hydrogen-bond donors (Lipinski definition) is 2. The minimum atomic E-state index is 0.224. The van der Waals surface area contributed by atoms with Gasteiger partial charge in [0, 0.05) is 18.1 Å². The summed E-state index contributed by atoms with van der Waals surface area (Å²) >= 11 is 0. The van der Waals surface area contributed by atoms with Gasteiger partial charge in [0.25, 0.3) is 0 Å². The molecule has 0 aliphatic carbocycles. The summed E-state index contributed by atoms with van der Waals surface area (Å²) in [6.45, 7) is 12.2. The van der Waals surface area contributed by atoms with Crippen LogP contribution in [0.15, 0.2) is 0 Å². The van der Waals surface area contributed by atoms with Crippen molar-refractivity contribution in [1.29, 1.82) is 0 Å². The molecule has 0 aromatic rings. The van der Waals surface area contributed by atoms with E-state index in [1.807, 2.05) is 0 Å². The Hall–Kier alpha value is -0.120. The monoisotopic (exact) mass is 230 g/mol. The molecule has 0 saturated carbocycles. The molecule has 0 aromatic carbocycles. The Kier molecular flexibility index (Phi) is 7.98. The predicted molar refractivity (Wildman–Crippen MR) is 70.7 cm³/mol. The van der Waals surface area contributed by atoms with Gasteiger partial charge in [-0.15, -0.1) is 0 Å². The standard InChI is InChI=1S/C13H30N2O/c1-10(2)12(5)15(6)8-7-13(9-16)14-11(3)4/h10-14,16H,7-9H2,1-6H3. The summed E-state index contributed by atoms with van der Waals surface area (Å²) in [5.41, 5.74) is 0. The minimum Gasteiger partial charge on any atom is -0.395 e. The molecule has 0 amide bonds. The van der Waals surface area contributed by atoms with E-state index in [2.05, 4.69) is 51.9 Å². The molecule has 0 aromatic heterocycles. The van der Waals surface area contributed by atoms with Gasteiger partial charge in [0.15, 0.2) is 0 Å². The molecule has 0 radical (unpaired) electrons. The van der Waals surface area contributed by atoms with Gasteiger partial charge in [-0.3, -0.25) is 0 Å². The highest BCUT2D eigenvalue weighted by Gasteiger charge is 2.15. The molecule has 2 N–H and O–H groups in total. The van der Waals surface area contributed by atoms with Crippen LogP contribution in [-0.4, -0.2) is 48.3 Å². The lowest BCUT2D eigenvalue weighted by molar-refractivity contribution is 0.174. The number of nitrogens with one attached hydrogen (secondary N) is 1. The summed E-state index contributed by atoms with van der Waals surface area (Å²) < 4.78 is 0. The van der Waals surface area contributed by atoms with Gasteiger partial charge in [-0.1, -0.05) is 27.7 Å². The molecule has 0 bridgehead atoms. The first-order chi connectivity index (χ1) is 7.38. The predicted octanol–water partition coefficient (Wildman–Crippen LogP) is 1.71. The lowest BCUT2D eigenvalue weighted by Gasteiger charge is -2.29. The van der Waals surface area contributed by atoms with Gasteiger partial charge in [0.2, 0.25) is 0 Å². The van der Waals surface area contributed by atoms with Crippen molar-refractivity contribution in [2.45, 2.75) is 59.2 Å². The Morgan fingerprint density at radius 3 is 2.06 bits per heavy atom. The van der Waals surface area contributed by atoms with Gasteiger partial charge < -0.3 is 15.3 Å². The van der Waals surface area contributed by atoms with Crippen LogP contribution in [0.3, 0.4) is 0 Å². The second-order valence-electron chi connectivity index (χ2n) is 5.45. The summed E-state index contributed by atoms with van der Waals surface area (Å²) in [5.74, 6) is 0.677. The fourth-order valence-corrected chi connectivity index (χ4v) is 1.77. The second kappa shape index (κ2) is 8.04. The number of aliphatic hydroxyl groups excluding tert-OH is 1. The van der Waals surface area contributed by atoms with Crippen molar-refractivity contribution in [3.8, 4) is 0 Å². The van der Waals surface area contributed by atoms with Crippen LogP contribution in [0, 0.1) is 5.92 Å². The third-order valence-electron chi connectivity index (χ3n) is 3.28. The van der Waals surface area contributed by atoms with Crippen molar-refractivity contribution in [1.82, 2.24) is 10.2 Å². The molecule has 0 aliphatic heterocycles. The Labute approximate surface area is 101 Å². The maximum Gasteiger partial charge on any atom is 0.0585 e. The number of nitrogens with zero attached hydrogens (tertiary/aromatic N) is 1. The van der Waals surface area contributed by atoms with E-state index >= 15 is 0 Å². The molecule has 0 spiro atoms. The van der Waals surface area contributed by atoms with E-state index in [4.69, 9.17) is 0 Å². The largest absolute Gasteiger partial charge is 0.395 e. The van der Waals surface area contributed by atoms with Crippen LogP contribution >= 0.6 is 0 Å². The topological polar surface area (TPSA) is 35.5 Å². The molecule has 3 heteroatoms. The number of aliphatic hydroxyl groups is 1. The van der Waals surface area contributed by atoms with Crippen molar-refractivity contribution in [2.75, 3.05) is 20.2 Å². The summed E-state index contributed by atoms with van der Waals surface area (Å²) in [7, 11) is 2.16. The van der Waals surface area contributed by atoms with Crippen LogP contribution in [0.25, 0.3) is 0 Å². The first-order valence-electron chi connectivity index (χ1n) is 6.45. The molecule has 0 fully saturated rings. The average molecular weight is 230 g/mol. The fraction of sp³-hybridized carbons (Fsp3) is 1.00. The van der Waals surface area contributed by atoms with Crippen molar-refractivity contribution in [3.05, 3.63) is 0 Å². The highest BCUT2D eigenvalue weighted by molar-refractivity contribution is 4.73. The highest BCUT2D eigenvalue weighted by atomic mass is 16.3. The van der Waals surface area contributed by atoms with Gasteiger partial charge in [0.1, 0.15) is 0 Å². The first-order valence-corrected chi connectivity index (χ1v) is 6.45. The van der Waals surface area contributed by atoms with Gasteiger partial charge in [-0.05, 0) is 32.9 Å². The average Bonchev–Trinajstić information content (AvgIpc) is 2.21. The molecular weight excluding hydrogens is 200 g/mol. The Morgan fingerprint density at radius 1 is 1.12 bits per heavy atom. The lowest BCUT2D eigenvalue weighted by Crippen LogP contribution is -2.42. The van der Waals surface area contributed by atoms with Crippen molar-refractivity contribution in [2.24, 2.45) is 5.92 Å². The SMILES string of the molecule is CC(C)NC(CO)CCN(C)C(C)C(C)C. The number of hydrogen-bond acceptors (Lipinski definition) is 3. The zero-order valence-corrected chi connectivity index (χ0v) is 11.8. The molecule has 0 heterocycles. The fourth-order valence-electron chi connectivity index (χ4n) is 1.77. The molecule has 3 nitrogen and oxygen atoms in total. The quantitative estimate of drug-likeness (QED) is 0.666. The van der Waals surface area contributed by atoms with E-state index in [1.54, 1.807) is 0 Å². The van der Waals surface area contributed by atoms with Gasteiger partial charge in [-0.2, -0.15) is 0 Å². The molecule has 0 saturated heterocycles. The summed E-state index contributed by atoms with van der Waals surface area (Å²) in [5, 5.41) is 12.6. The summed E-state index contributed by atoms with van der Waals surface area (Å²) in [6.07, 6.45) is 1.00. The van der Waals surface area contributed by atoms with Gasteiger partial charge >= 0.3 is 0 Å². The normalized spacial score (nSPS) is 16.1. The summed E-state index contributed by atoms with van der Waals surface area (Å²) in [6, 6.07) is 1.25. The smallest absolute Gasteiger partial charge is 0.0585 e. The van der Waals surface area contributed by atoms with Gasteiger partial charge in [0.05, 0.1) is 6.61 Å². The minimum absolute atomic E-state index is 0.224. The molecule has 2 atom stereocenters. The van der Waals surface area contributed by atoms with Crippen LogP contribution in [0.5, 0.6) is 0 Å². The van der Waals surface area contributed by atoms with E-state index in [1.165, 1.54) is 0 Å². The van der Waals surface area contributed by atoms with Gasteiger partial charge in [-0.25, -0.2) is 0 Å². The summed E-state index contributed by atoms with van der Waals surface area (Å²) in [4.78, 5) is 2.37. The zero-order valence-electron chi connectivity index (χ0n) is 11.8. The van der Waals surface area contributed by atoms with Crippen LogP contribution in [0.4, 0.5) is 0 Å².